The number of thioether (sulfide) groups is 1. The van der Waals surface area contributed by atoms with Crippen LogP contribution in [-0.4, -0.2) is 10.1 Å². The highest BCUT2D eigenvalue weighted by Crippen LogP contribution is 2.13. The van der Waals surface area contributed by atoms with Crippen LogP contribution in [0.2, 0.25) is 0 Å². The molecule has 0 saturated carbocycles. The van der Waals surface area contributed by atoms with E-state index in [0.29, 0.717) is 10.1 Å². The van der Waals surface area contributed by atoms with Crippen LogP contribution in [0.3, 0.4) is 0 Å². The summed E-state index contributed by atoms with van der Waals surface area (Å²) in [6, 6.07) is 0. The molecule has 0 spiro atoms. The Morgan fingerprint density at radius 1 is 1.40 bits per heavy atom. The molecule has 0 aromatic carbocycles. The van der Waals surface area contributed by atoms with Gasteiger partial charge in [-0.1, -0.05) is 32.5 Å². The fourth-order valence-electron chi connectivity index (χ4n) is 0.323. The number of hydrogen-bond donors (Lipinski definition) is 2. The van der Waals surface area contributed by atoms with E-state index in [-0.39, 0.29) is 5.92 Å². The first-order chi connectivity index (χ1) is 4.57. The van der Waals surface area contributed by atoms with E-state index in [1.165, 1.54) is 11.8 Å². The van der Waals surface area contributed by atoms with Crippen molar-refractivity contribution in [1.29, 1.82) is 10.8 Å². The molecule has 0 rings (SSSR count). The zero-order valence-corrected chi connectivity index (χ0v) is 7.51. The summed E-state index contributed by atoms with van der Waals surface area (Å²) in [5.41, 5.74) is 0. The lowest BCUT2D eigenvalue weighted by molar-refractivity contribution is 0.895. The highest BCUT2D eigenvalue weighted by Gasteiger charge is 2.04. The van der Waals surface area contributed by atoms with Crippen LogP contribution in [0, 0.1) is 16.7 Å². The minimum absolute atomic E-state index is 0.261. The van der Waals surface area contributed by atoms with E-state index in [1.54, 1.807) is 0 Å². The van der Waals surface area contributed by atoms with Crippen molar-refractivity contribution in [3.63, 3.8) is 0 Å². The number of rotatable bonds is 2. The molecule has 0 aliphatic carbocycles. The molecular weight excluding hydrogens is 144 g/mol. The second-order valence-corrected chi connectivity index (χ2v) is 3.53. The van der Waals surface area contributed by atoms with Crippen LogP contribution in [0.25, 0.3) is 0 Å². The Labute approximate surface area is 66.4 Å². The predicted octanol–water partition coefficient (Wildman–Crippen LogP) is 2.74. The van der Waals surface area contributed by atoms with Gasteiger partial charge in [-0.05, 0) is 6.42 Å². The minimum atomic E-state index is 0.261. The van der Waals surface area contributed by atoms with Gasteiger partial charge in [0.05, 0.1) is 10.1 Å². The third-order valence-corrected chi connectivity index (χ3v) is 2.31. The maximum absolute atomic E-state index is 7.40. The largest absolute Gasteiger partial charge is 0.298 e. The molecule has 0 aromatic rings. The average Bonchev–Trinajstić information content (AvgIpc) is 1.87. The Hall–Kier alpha value is -0.310. The molecule has 0 saturated heterocycles. The molecule has 0 radical (unpaired) electrons. The van der Waals surface area contributed by atoms with Crippen LogP contribution in [-0.2, 0) is 0 Å². The summed E-state index contributed by atoms with van der Waals surface area (Å²) in [4.78, 5) is 0. The van der Waals surface area contributed by atoms with E-state index in [0.717, 1.165) is 6.42 Å². The summed E-state index contributed by atoms with van der Waals surface area (Å²) in [5.74, 6) is 0.261. The predicted molar refractivity (Wildman–Crippen MR) is 48.2 cm³/mol. The fraction of sp³-hybridized carbons (Fsp3) is 0.714. The van der Waals surface area contributed by atoms with Gasteiger partial charge in [-0.25, -0.2) is 0 Å². The molecule has 0 aliphatic heterocycles. The normalized spacial score (nSPS) is 10.0. The number of hydrogen-bond acceptors (Lipinski definition) is 3. The molecule has 3 heteroatoms. The lowest BCUT2D eigenvalue weighted by Gasteiger charge is -2.05. The zero-order valence-electron chi connectivity index (χ0n) is 6.69. The van der Waals surface area contributed by atoms with Gasteiger partial charge in [-0.3, -0.25) is 10.8 Å². The van der Waals surface area contributed by atoms with Gasteiger partial charge in [0.1, 0.15) is 0 Å². The highest BCUT2D eigenvalue weighted by atomic mass is 32.2. The van der Waals surface area contributed by atoms with E-state index in [9.17, 15) is 0 Å². The Morgan fingerprint density at radius 3 is 2.20 bits per heavy atom. The summed E-state index contributed by atoms with van der Waals surface area (Å²) in [7, 11) is 0. The summed E-state index contributed by atoms with van der Waals surface area (Å²) >= 11 is 1.27. The molecule has 0 atom stereocenters. The van der Waals surface area contributed by atoms with E-state index in [2.05, 4.69) is 0 Å². The minimum Gasteiger partial charge on any atom is -0.298 e. The average molecular weight is 158 g/mol. The molecule has 0 heterocycles. The van der Waals surface area contributed by atoms with Crippen molar-refractivity contribution in [2.24, 2.45) is 5.92 Å². The first-order valence-corrected chi connectivity index (χ1v) is 4.23. The van der Waals surface area contributed by atoms with Crippen molar-refractivity contribution >= 4 is 21.8 Å². The van der Waals surface area contributed by atoms with Crippen molar-refractivity contribution in [3.05, 3.63) is 0 Å². The molecular formula is C7H14N2S. The first kappa shape index (κ1) is 9.69. The van der Waals surface area contributed by atoms with Crippen LogP contribution >= 0.6 is 11.8 Å². The quantitative estimate of drug-likeness (QED) is 0.471. The molecule has 10 heavy (non-hydrogen) atoms. The van der Waals surface area contributed by atoms with Gasteiger partial charge in [0.2, 0.25) is 0 Å². The van der Waals surface area contributed by atoms with E-state index < -0.39 is 0 Å². The topological polar surface area (TPSA) is 47.7 Å². The van der Waals surface area contributed by atoms with Gasteiger partial charge in [0, 0.05) is 5.92 Å². The maximum Gasteiger partial charge on any atom is 0.0726 e. The SMILES string of the molecule is CCC(=N)SC(=N)C(C)C. The smallest absolute Gasteiger partial charge is 0.0726 e. The van der Waals surface area contributed by atoms with Crippen molar-refractivity contribution in [1.82, 2.24) is 0 Å². The third kappa shape index (κ3) is 3.67. The third-order valence-electron chi connectivity index (χ3n) is 1.08. The van der Waals surface area contributed by atoms with Crippen molar-refractivity contribution in [2.75, 3.05) is 0 Å². The first-order valence-electron chi connectivity index (χ1n) is 3.41. The molecule has 0 aliphatic rings. The molecule has 0 aromatic heterocycles. The van der Waals surface area contributed by atoms with Gasteiger partial charge >= 0.3 is 0 Å². The highest BCUT2D eigenvalue weighted by molar-refractivity contribution is 8.26. The Kier molecular flexibility index (Phi) is 4.36. The van der Waals surface area contributed by atoms with Gasteiger partial charge in [-0.2, -0.15) is 0 Å². The maximum atomic E-state index is 7.40. The van der Waals surface area contributed by atoms with Crippen LogP contribution < -0.4 is 0 Å². The molecule has 0 amide bonds. The van der Waals surface area contributed by atoms with E-state index in [1.807, 2.05) is 20.8 Å². The second-order valence-electron chi connectivity index (χ2n) is 2.40. The van der Waals surface area contributed by atoms with Crippen molar-refractivity contribution in [2.45, 2.75) is 27.2 Å². The number of nitrogens with one attached hydrogen (secondary N) is 2. The molecule has 2 N–H and O–H groups in total. The molecule has 0 unspecified atom stereocenters. The van der Waals surface area contributed by atoms with Gasteiger partial charge < -0.3 is 0 Å². The Balaban J connectivity index is 3.69. The van der Waals surface area contributed by atoms with Crippen LogP contribution in [0.15, 0.2) is 0 Å². The van der Waals surface area contributed by atoms with Crippen LogP contribution in [0.5, 0.6) is 0 Å². The van der Waals surface area contributed by atoms with Crippen LogP contribution in [0.1, 0.15) is 27.2 Å². The zero-order chi connectivity index (χ0) is 8.15. The van der Waals surface area contributed by atoms with Crippen molar-refractivity contribution in [3.8, 4) is 0 Å². The van der Waals surface area contributed by atoms with Gasteiger partial charge in [0.25, 0.3) is 0 Å². The molecule has 2 nitrogen and oxygen atoms in total. The van der Waals surface area contributed by atoms with E-state index >= 15 is 0 Å². The van der Waals surface area contributed by atoms with Gasteiger partial charge in [0.15, 0.2) is 0 Å². The lowest BCUT2D eigenvalue weighted by atomic mass is 10.2. The lowest BCUT2D eigenvalue weighted by Crippen LogP contribution is -2.03. The molecule has 0 bridgehead atoms. The van der Waals surface area contributed by atoms with Crippen LogP contribution in [0.4, 0.5) is 0 Å². The fourth-order valence-corrected chi connectivity index (χ4v) is 0.968. The van der Waals surface area contributed by atoms with Gasteiger partial charge in [-0.15, -0.1) is 0 Å². The summed E-state index contributed by atoms with van der Waals surface area (Å²) < 4.78 is 0. The summed E-state index contributed by atoms with van der Waals surface area (Å²) in [6.45, 7) is 5.87. The Bertz CT molecular complexity index is 141. The molecule has 58 valence electrons. The molecule has 0 fully saturated rings. The van der Waals surface area contributed by atoms with E-state index in [4.69, 9.17) is 10.8 Å². The second kappa shape index (κ2) is 4.50. The van der Waals surface area contributed by atoms with Crippen molar-refractivity contribution < 1.29 is 0 Å². The Morgan fingerprint density at radius 2 is 1.90 bits per heavy atom. The summed E-state index contributed by atoms with van der Waals surface area (Å²) in [6.07, 6.45) is 0.736. The monoisotopic (exact) mass is 158 g/mol. The summed E-state index contributed by atoms with van der Waals surface area (Å²) in [5, 5.41) is 15.9. The standard InChI is InChI=1S/C7H14N2S/c1-4-6(8)10-7(9)5(2)3/h5,8-9H,4H2,1-3H3.